The zero-order valence-electron chi connectivity index (χ0n) is 11.2. The summed E-state index contributed by atoms with van der Waals surface area (Å²) in [6.07, 6.45) is 0.862. The lowest BCUT2D eigenvalue weighted by atomic mass is 10.1. The third-order valence-corrected chi connectivity index (χ3v) is 3.29. The van der Waals surface area contributed by atoms with Crippen LogP contribution >= 0.6 is 15.9 Å². The minimum absolute atomic E-state index is 0.668. The maximum absolute atomic E-state index is 5.38. The molecule has 0 radical (unpaired) electrons. The van der Waals surface area contributed by atoms with Crippen LogP contribution in [0.1, 0.15) is 12.6 Å². The van der Waals surface area contributed by atoms with E-state index in [0.717, 1.165) is 33.7 Å². The number of ether oxygens (including phenoxy) is 1. The second kappa shape index (κ2) is 6.02. The van der Waals surface area contributed by atoms with Gasteiger partial charge in [-0.15, -0.1) is 0 Å². The zero-order chi connectivity index (χ0) is 13.8. The summed E-state index contributed by atoms with van der Waals surface area (Å²) in [5.41, 5.74) is 1.88. The Balaban J connectivity index is 2.60. The SMILES string of the molecule is CCc1cc(NC)nc(-c2cc(Br)ccc2OC)n1. The van der Waals surface area contributed by atoms with E-state index in [0.29, 0.717) is 5.82 Å². The van der Waals surface area contributed by atoms with Crippen molar-refractivity contribution in [3.05, 3.63) is 34.4 Å². The fourth-order valence-electron chi connectivity index (χ4n) is 1.78. The van der Waals surface area contributed by atoms with Crippen molar-refractivity contribution in [1.82, 2.24) is 9.97 Å². The third kappa shape index (κ3) is 3.04. The molecule has 100 valence electrons. The second-order valence-electron chi connectivity index (χ2n) is 4.02. The van der Waals surface area contributed by atoms with E-state index in [9.17, 15) is 0 Å². The maximum atomic E-state index is 5.38. The molecule has 0 saturated carbocycles. The molecule has 0 spiro atoms. The van der Waals surface area contributed by atoms with Crippen molar-refractivity contribution in [2.24, 2.45) is 0 Å². The van der Waals surface area contributed by atoms with Gasteiger partial charge in [-0.3, -0.25) is 0 Å². The average molecular weight is 322 g/mol. The van der Waals surface area contributed by atoms with E-state index in [4.69, 9.17) is 4.74 Å². The van der Waals surface area contributed by atoms with Crippen LogP contribution in [0.25, 0.3) is 11.4 Å². The van der Waals surface area contributed by atoms with E-state index < -0.39 is 0 Å². The van der Waals surface area contributed by atoms with Crippen LogP contribution in [0.5, 0.6) is 5.75 Å². The Labute approximate surface area is 121 Å². The van der Waals surface area contributed by atoms with Crippen LogP contribution in [0.2, 0.25) is 0 Å². The quantitative estimate of drug-likeness (QED) is 0.936. The first-order valence-electron chi connectivity index (χ1n) is 6.07. The largest absolute Gasteiger partial charge is 0.496 e. The van der Waals surface area contributed by atoms with Crippen molar-refractivity contribution in [2.45, 2.75) is 13.3 Å². The molecular weight excluding hydrogens is 306 g/mol. The summed E-state index contributed by atoms with van der Waals surface area (Å²) >= 11 is 3.47. The topological polar surface area (TPSA) is 47.0 Å². The number of anilines is 1. The number of halogens is 1. The molecule has 0 aliphatic rings. The molecule has 2 aromatic rings. The molecule has 0 atom stereocenters. The van der Waals surface area contributed by atoms with Gasteiger partial charge in [-0.2, -0.15) is 0 Å². The summed E-state index contributed by atoms with van der Waals surface area (Å²) in [7, 11) is 3.50. The molecule has 1 N–H and O–H groups in total. The van der Waals surface area contributed by atoms with Gasteiger partial charge in [0, 0.05) is 23.3 Å². The van der Waals surface area contributed by atoms with E-state index in [1.165, 1.54) is 0 Å². The smallest absolute Gasteiger partial charge is 0.165 e. The van der Waals surface area contributed by atoms with Gasteiger partial charge >= 0.3 is 0 Å². The minimum atomic E-state index is 0.668. The number of methoxy groups -OCH3 is 1. The lowest BCUT2D eigenvalue weighted by molar-refractivity contribution is 0.416. The van der Waals surface area contributed by atoms with Crippen molar-refractivity contribution in [3.63, 3.8) is 0 Å². The highest BCUT2D eigenvalue weighted by Crippen LogP contribution is 2.31. The Bertz CT molecular complexity index is 565. The van der Waals surface area contributed by atoms with Crippen LogP contribution in [0.3, 0.4) is 0 Å². The molecule has 2 rings (SSSR count). The van der Waals surface area contributed by atoms with Gasteiger partial charge in [0.05, 0.1) is 12.7 Å². The molecule has 0 unspecified atom stereocenters. The zero-order valence-corrected chi connectivity index (χ0v) is 12.8. The number of hydrogen-bond donors (Lipinski definition) is 1. The van der Waals surface area contributed by atoms with Crippen LogP contribution in [0, 0.1) is 0 Å². The van der Waals surface area contributed by atoms with Gasteiger partial charge in [-0.05, 0) is 24.6 Å². The van der Waals surface area contributed by atoms with Gasteiger partial charge < -0.3 is 10.1 Å². The first-order valence-corrected chi connectivity index (χ1v) is 6.86. The lowest BCUT2D eigenvalue weighted by Crippen LogP contribution is -2.01. The van der Waals surface area contributed by atoms with Crippen LogP contribution in [-0.2, 0) is 6.42 Å². The third-order valence-electron chi connectivity index (χ3n) is 2.80. The number of aryl methyl sites for hydroxylation is 1. The Morgan fingerprint density at radius 2 is 2.05 bits per heavy atom. The summed E-state index contributed by atoms with van der Waals surface area (Å²) in [4.78, 5) is 9.06. The number of benzene rings is 1. The number of nitrogens with one attached hydrogen (secondary N) is 1. The van der Waals surface area contributed by atoms with E-state index in [-0.39, 0.29) is 0 Å². The summed E-state index contributed by atoms with van der Waals surface area (Å²) in [5, 5.41) is 3.06. The van der Waals surface area contributed by atoms with Gasteiger partial charge in [0.25, 0.3) is 0 Å². The number of aromatic nitrogens is 2. The molecule has 1 heterocycles. The Kier molecular flexibility index (Phi) is 4.37. The predicted molar refractivity (Wildman–Crippen MR) is 80.6 cm³/mol. The van der Waals surface area contributed by atoms with Crippen molar-refractivity contribution >= 4 is 21.7 Å². The van der Waals surface area contributed by atoms with Crippen LogP contribution in [-0.4, -0.2) is 24.1 Å². The number of hydrogen-bond acceptors (Lipinski definition) is 4. The Hall–Kier alpha value is -1.62. The summed E-state index contributed by atoms with van der Waals surface area (Å²) in [5.74, 6) is 2.24. The van der Waals surface area contributed by atoms with E-state index in [2.05, 4.69) is 38.1 Å². The normalized spacial score (nSPS) is 10.3. The van der Waals surface area contributed by atoms with E-state index in [1.807, 2.05) is 31.3 Å². The highest BCUT2D eigenvalue weighted by atomic mass is 79.9. The molecule has 0 bridgehead atoms. The monoisotopic (exact) mass is 321 g/mol. The van der Waals surface area contributed by atoms with Crippen molar-refractivity contribution < 1.29 is 4.74 Å². The number of rotatable bonds is 4. The molecule has 0 saturated heterocycles. The molecular formula is C14H16BrN3O. The minimum Gasteiger partial charge on any atom is -0.496 e. The fourth-order valence-corrected chi connectivity index (χ4v) is 2.14. The van der Waals surface area contributed by atoms with Crippen LogP contribution < -0.4 is 10.1 Å². The Morgan fingerprint density at radius 3 is 2.68 bits per heavy atom. The summed E-state index contributed by atoms with van der Waals surface area (Å²) < 4.78 is 6.35. The van der Waals surface area contributed by atoms with Crippen LogP contribution in [0.15, 0.2) is 28.7 Å². The predicted octanol–water partition coefficient (Wildman–Crippen LogP) is 3.52. The molecule has 19 heavy (non-hydrogen) atoms. The van der Waals surface area contributed by atoms with Gasteiger partial charge in [-0.1, -0.05) is 22.9 Å². The fraction of sp³-hybridized carbons (Fsp3) is 0.286. The standard InChI is InChI=1S/C14H16BrN3O/c1-4-10-8-13(16-2)18-14(17-10)11-7-9(15)5-6-12(11)19-3/h5-8H,4H2,1-3H3,(H,16,17,18). The average Bonchev–Trinajstić information content (AvgIpc) is 2.46. The molecule has 1 aromatic carbocycles. The van der Waals surface area contributed by atoms with E-state index >= 15 is 0 Å². The molecule has 0 aliphatic heterocycles. The first kappa shape index (κ1) is 13.8. The van der Waals surface area contributed by atoms with Crippen molar-refractivity contribution in [3.8, 4) is 17.1 Å². The summed E-state index contributed by atoms with van der Waals surface area (Å²) in [6, 6.07) is 7.76. The molecule has 0 aliphatic carbocycles. The Morgan fingerprint density at radius 1 is 1.26 bits per heavy atom. The van der Waals surface area contributed by atoms with Gasteiger partial charge in [-0.25, -0.2) is 9.97 Å². The first-order chi connectivity index (χ1) is 9.17. The summed E-state index contributed by atoms with van der Waals surface area (Å²) in [6.45, 7) is 2.07. The van der Waals surface area contributed by atoms with Crippen LogP contribution in [0.4, 0.5) is 5.82 Å². The lowest BCUT2D eigenvalue weighted by Gasteiger charge is -2.10. The maximum Gasteiger partial charge on any atom is 0.165 e. The highest BCUT2D eigenvalue weighted by molar-refractivity contribution is 9.10. The molecule has 5 heteroatoms. The van der Waals surface area contributed by atoms with Gasteiger partial charge in [0.15, 0.2) is 5.82 Å². The molecule has 0 fully saturated rings. The van der Waals surface area contributed by atoms with E-state index in [1.54, 1.807) is 7.11 Å². The second-order valence-corrected chi connectivity index (χ2v) is 4.93. The highest BCUT2D eigenvalue weighted by Gasteiger charge is 2.11. The molecule has 1 aromatic heterocycles. The van der Waals surface area contributed by atoms with Crippen molar-refractivity contribution in [2.75, 3.05) is 19.5 Å². The van der Waals surface area contributed by atoms with Gasteiger partial charge in [0.2, 0.25) is 0 Å². The molecule has 4 nitrogen and oxygen atoms in total. The van der Waals surface area contributed by atoms with Crippen molar-refractivity contribution in [1.29, 1.82) is 0 Å². The molecule has 0 amide bonds. The number of nitrogens with zero attached hydrogens (tertiary/aromatic N) is 2. The van der Waals surface area contributed by atoms with Gasteiger partial charge in [0.1, 0.15) is 11.6 Å².